The molecule has 6 heteroatoms. The maximum absolute atomic E-state index is 5.32. The number of ether oxygens (including phenoxy) is 2. The molecule has 0 heterocycles. The Labute approximate surface area is 110 Å². The summed E-state index contributed by atoms with van der Waals surface area (Å²) in [4.78, 5) is 0. The predicted octanol–water partition coefficient (Wildman–Crippen LogP) is 3.99. The average molecular weight is 442 g/mol. The Hall–Kier alpha value is 1.32. The molecule has 0 aromatic carbocycles. The minimum atomic E-state index is -0.863. The minimum Gasteiger partial charge on any atom is -0.345 e. The summed E-state index contributed by atoms with van der Waals surface area (Å²) in [6.45, 7) is 0. The molecule has 0 atom stereocenters. The first-order chi connectivity index (χ1) is 6.01. The molecule has 0 aromatic rings. The van der Waals surface area contributed by atoms with E-state index in [1.54, 1.807) is 14.2 Å². The highest BCUT2D eigenvalue weighted by atomic mass is 79.9. The second-order valence-corrected chi connectivity index (χ2v) is 5.45. The molecule has 13 heavy (non-hydrogen) atoms. The van der Waals surface area contributed by atoms with Crippen molar-refractivity contribution in [2.45, 2.75) is 5.79 Å². The van der Waals surface area contributed by atoms with Gasteiger partial charge in [-0.1, -0.05) is 0 Å². The van der Waals surface area contributed by atoms with E-state index in [0.29, 0.717) is 0 Å². The fourth-order valence-corrected chi connectivity index (χ4v) is 4.18. The zero-order chi connectivity index (χ0) is 10.2. The van der Waals surface area contributed by atoms with Gasteiger partial charge in [0.1, 0.15) is 0 Å². The molecule has 0 radical (unpaired) electrons. The van der Waals surface area contributed by atoms with E-state index in [1.807, 2.05) is 0 Å². The van der Waals surface area contributed by atoms with E-state index >= 15 is 0 Å². The second kappa shape index (κ2) is 4.45. The van der Waals surface area contributed by atoms with E-state index in [1.165, 1.54) is 0 Å². The smallest absolute Gasteiger partial charge is 0.237 e. The van der Waals surface area contributed by atoms with Crippen LogP contribution < -0.4 is 0 Å². The van der Waals surface area contributed by atoms with Crippen molar-refractivity contribution in [1.82, 2.24) is 0 Å². The van der Waals surface area contributed by atoms with E-state index in [4.69, 9.17) is 9.47 Å². The van der Waals surface area contributed by atoms with Gasteiger partial charge in [-0.3, -0.25) is 0 Å². The maximum Gasteiger partial charge on any atom is 0.237 e. The summed E-state index contributed by atoms with van der Waals surface area (Å²) in [5.41, 5.74) is 0. The Kier molecular flexibility index (Phi) is 4.24. The van der Waals surface area contributed by atoms with Crippen LogP contribution >= 0.6 is 63.7 Å². The van der Waals surface area contributed by atoms with Gasteiger partial charge in [0.15, 0.2) is 0 Å². The SMILES string of the molecule is COC1(OC)C(Br)=C(Br)C(Br)=C1Br. The van der Waals surface area contributed by atoms with Crippen molar-refractivity contribution in [2.75, 3.05) is 14.2 Å². The average Bonchev–Trinajstić information content (AvgIpc) is 2.31. The van der Waals surface area contributed by atoms with Crippen LogP contribution in [0.1, 0.15) is 0 Å². The molecule has 0 aromatic heterocycles. The van der Waals surface area contributed by atoms with Crippen molar-refractivity contribution in [3.63, 3.8) is 0 Å². The van der Waals surface area contributed by atoms with Gasteiger partial charge in [-0.05, 0) is 63.7 Å². The van der Waals surface area contributed by atoms with Crippen LogP contribution in [-0.2, 0) is 9.47 Å². The Morgan fingerprint density at radius 1 is 0.846 bits per heavy atom. The lowest BCUT2D eigenvalue weighted by atomic mass is 10.3. The fraction of sp³-hybridized carbons (Fsp3) is 0.429. The number of hydrogen-bond acceptors (Lipinski definition) is 2. The van der Waals surface area contributed by atoms with Crippen molar-refractivity contribution in [2.24, 2.45) is 0 Å². The number of allylic oxidation sites excluding steroid dienone is 2. The zero-order valence-corrected chi connectivity index (χ0v) is 13.2. The van der Waals surface area contributed by atoms with Gasteiger partial charge in [-0.2, -0.15) is 0 Å². The highest BCUT2D eigenvalue weighted by Gasteiger charge is 2.45. The van der Waals surface area contributed by atoms with Gasteiger partial charge in [0.2, 0.25) is 5.79 Å². The van der Waals surface area contributed by atoms with E-state index < -0.39 is 5.79 Å². The molecule has 1 aliphatic rings. The summed E-state index contributed by atoms with van der Waals surface area (Å²) in [5.74, 6) is -0.863. The lowest BCUT2D eigenvalue weighted by molar-refractivity contribution is -0.136. The molecule has 0 saturated heterocycles. The Morgan fingerprint density at radius 3 is 1.31 bits per heavy atom. The van der Waals surface area contributed by atoms with Gasteiger partial charge in [0, 0.05) is 23.2 Å². The van der Waals surface area contributed by atoms with E-state index in [0.717, 1.165) is 17.9 Å². The van der Waals surface area contributed by atoms with Gasteiger partial charge in [0.05, 0.1) is 8.96 Å². The van der Waals surface area contributed by atoms with Gasteiger partial charge < -0.3 is 9.47 Å². The summed E-state index contributed by atoms with van der Waals surface area (Å²) in [6.07, 6.45) is 0. The van der Waals surface area contributed by atoms with Gasteiger partial charge in [-0.15, -0.1) is 0 Å². The summed E-state index contributed by atoms with van der Waals surface area (Å²) < 4.78 is 14.0. The summed E-state index contributed by atoms with van der Waals surface area (Å²) >= 11 is 13.6. The van der Waals surface area contributed by atoms with Crippen molar-refractivity contribution >= 4 is 63.7 Å². The normalized spacial score (nSPS) is 21.7. The molecule has 0 aliphatic heterocycles. The second-order valence-electron chi connectivity index (χ2n) is 2.28. The molecule has 0 fully saturated rings. The highest BCUT2D eigenvalue weighted by Crippen LogP contribution is 2.52. The molecule has 0 amide bonds. The van der Waals surface area contributed by atoms with E-state index in [2.05, 4.69) is 63.7 Å². The fourth-order valence-electron chi connectivity index (χ4n) is 1.02. The van der Waals surface area contributed by atoms with Crippen LogP contribution in [0.3, 0.4) is 0 Å². The molecule has 1 aliphatic carbocycles. The third kappa shape index (κ3) is 1.74. The number of hydrogen-bond donors (Lipinski definition) is 0. The summed E-state index contributed by atoms with van der Waals surface area (Å²) in [7, 11) is 3.16. The first-order valence-corrected chi connectivity index (χ1v) is 6.40. The van der Waals surface area contributed by atoms with Crippen LogP contribution in [0.4, 0.5) is 0 Å². The molecule has 2 nitrogen and oxygen atoms in total. The quantitative estimate of drug-likeness (QED) is 0.603. The van der Waals surface area contributed by atoms with Crippen molar-refractivity contribution in [3.8, 4) is 0 Å². The molecular formula is C7H6Br4O2. The van der Waals surface area contributed by atoms with Gasteiger partial charge in [0.25, 0.3) is 0 Å². The maximum atomic E-state index is 5.32. The van der Waals surface area contributed by atoms with Crippen LogP contribution in [0.5, 0.6) is 0 Å². The lowest BCUT2D eigenvalue weighted by Crippen LogP contribution is -2.32. The number of rotatable bonds is 2. The van der Waals surface area contributed by atoms with Crippen LogP contribution in [0, 0.1) is 0 Å². The molecule has 1 rings (SSSR count). The van der Waals surface area contributed by atoms with Crippen molar-refractivity contribution < 1.29 is 9.47 Å². The van der Waals surface area contributed by atoms with Crippen LogP contribution in [-0.4, -0.2) is 20.0 Å². The van der Waals surface area contributed by atoms with Crippen LogP contribution in [0.2, 0.25) is 0 Å². The van der Waals surface area contributed by atoms with E-state index in [9.17, 15) is 0 Å². The zero-order valence-electron chi connectivity index (χ0n) is 6.83. The third-order valence-corrected chi connectivity index (χ3v) is 6.75. The van der Waals surface area contributed by atoms with Gasteiger partial charge >= 0.3 is 0 Å². The highest BCUT2D eigenvalue weighted by molar-refractivity contribution is 9.17. The largest absolute Gasteiger partial charge is 0.345 e. The number of halogens is 4. The standard InChI is InChI=1S/C7H6Br4O2/c1-12-7(13-2)5(10)3(8)4(9)6(7)11/h1-2H3. The topological polar surface area (TPSA) is 18.5 Å². The molecule has 0 bridgehead atoms. The van der Waals surface area contributed by atoms with Crippen LogP contribution in [0.15, 0.2) is 17.9 Å². The lowest BCUT2D eigenvalue weighted by Gasteiger charge is -2.27. The van der Waals surface area contributed by atoms with Gasteiger partial charge in [-0.25, -0.2) is 0 Å². The number of methoxy groups -OCH3 is 2. The molecule has 74 valence electrons. The predicted molar refractivity (Wildman–Crippen MR) is 66.5 cm³/mol. The van der Waals surface area contributed by atoms with Crippen LogP contribution in [0.25, 0.3) is 0 Å². The Morgan fingerprint density at radius 2 is 1.15 bits per heavy atom. The Bertz CT molecular complexity index is 265. The third-order valence-electron chi connectivity index (χ3n) is 1.73. The monoisotopic (exact) mass is 438 g/mol. The Balaban J connectivity index is 3.28. The summed E-state index contributed by atoms with van der Waals surface area (Å²) in [5, 5.41) is 0. The molecular weight excluding hydrogens is 436 g/mol. The first-order valence-electron chi connectivity index (χ1n) is 3.23. The summed E-state index contributed by atoms with van der Waals surface area (Å²) in [6, 6.07) is 0. The molecule has 0 spiro atoms. The van der Waals surface area contributed by atoms with Crippen molar-refractivity contribution in [1.29, 1.82) is 0 Å². The molecule has 0 saturated carbocycles. The minimum absolute atomic E-state index is 0.795. The molecule has 0 N–H and O–H groups in total. The van der Waals surface area contributed by atoms with E-state index in [-0.39, 0.29) is 0 Å². The first kappa shape index (κ1) is 12.4. The van der Waals surface area contributed by atoms with Crippen molar-refractivity contribution in [3.05, 3.63) is 17.9 Å². The molecule has 0 unspecified atom stereocenters.